The lowest BCUT2D eigenvalue weighted by Gasteiger charge is -2.21. The Bertz CT molecular complexity index is 456. The number of aldehydes is 1. The van der Waals surface area contributed by atoms with Gasteiger partial charge in [-0.1, -0.05) is 0 Å². The Morgan fingerprint density at radius 1 is 1.35 bits per heavy atom. The maximum absolute atomic E-state index is 11.8. The van der Waals surface area contributed by atoms with Gasteiger partial charge in [-0.25, -0.2) is 0 Å². The topological polar surface area (TPSA) is 64.6 Å². The third-order valence-electron chi connectivity index (χ3n) is 2.48. The zero-order valence-electron chi connectivity index (χ0n) is 9.49. The molecule has 90 valence electrons. The highest BCUT2D eigenvalue weighted by Gasteiger charge is 2.23. The largest absolute Gasteiger partial charge is 0.485 e. The number of carbonyl (C=O) groups excluding carboxylic acids is 2. The Labute approximate surface area is 98.7 Å². The normalized spacial score (nSPS) is 13.2. The molecule has 0 saturated carbocycles. The maximum Gasteiger partial charge on any atom is 0.180 e. The van der Waals surface area contributed by atoms with Crippen molar-refractivity contribution in [1.82, 2.24) is 5.32 Å². The fourth-order valence-electron chi connectivity index (χ4n) is 1.73. The number of ketones is 1. The predicted octanol–water partition coefficient (Wildman–Crippen LogP) is 0.672. The molecule has 0 radical (unpaired) electrons. The Morgan fingerprint density at radius 2 is 2.06 bits per heavy atom. The third kappa shape index (κ3) is 2.14. The summed E-state index contributed by atoms with van der Waals surface area (Å²) in [6.07, 6.45) is 0.694. The van der Waals surface area contributed by atoms with Gasteiger partial charge in [-0.3, -0.25) is 9.59 Å². The average molecular weight is 235 g/mol. The molecule has 5 nitrogen and oxygen atoms in total. The number of benzene rings is 1. The van der Waals surface area contributed by atoms with Crippen molar-refractivity contribution in [2.24, 2.45) is 0 Å². The second-order valence-electron chi connectivity index (χ2n) is 3.63. The minimum atomic E-state index is -0.0910. The Morgan fingerprint density at radius 3 is 2.71 bits per heavy atom. The summed E-state index contributed by atoms with van der Waals surface area (Å²) in [5.41, 5.74) is 0.848. The van der Waals surface area contributed by atoms with E-state index in [1.165, 1.54) is 0 Å². The number of hydrogen-bond acceptors (Lipinski definition) is 5. The molecule has 1 N–H and O–H groups in total. The van der Waals surface area contributed by atoms with Crippen LogP contribution in [0.15, 0.2) is 12.1 Å². The molecule has 0 aromatic heterocycles. The summed E-state index contributed by atoms with van der Waals surface area (Å²) in [4.78, 5) is 22.7. The number of nitrogens with one attached hydrogen (secondary N) is 1. The monoisotopic (exact) mass is 235 g/mol. The highest BCUT2D eigenvalue weighted by molar-refractivity contribution is 6.02. The number of likely N-dealkylation sites (N-methyl/N-ethyl adjacent to an activating group) is 1. The molecule has 0 aliphatic carbocycles. The molecule has 1 heterocycles. The minimum absolute atomic E-state index is 0.0910. The number of rotatable bonds is 4. The van der Waals surface area contributed by atoms with Crippen LogP contribution >= 0.6 is 0 Å². The minimum Gasteiger partial charge on any atom is -0.485 e. The van der Waals surface area contributed by atoms with Crippen molar-refractivity contribution in [2.45, 2.75) is 0 Å². The first-order chi connectivity index (χ1) is 8.27. The summed E-state index contributed by atoms with van der Waals surface area (Å²) < 4.78 is 10.8. The predicted molar refractivity (Wildman–Crippen MR) is 61.1 cm³/mol. The number of carbonyl (C=O) groups is 2. The van der Waals surface area contributed by atoms with Crippen molar-refractivity contribution in [3.63, 3.8) is 0 Å². The first-order valence-corrected chi connectivity index (χ1v) is 5.33. The zero-order chi connectivity index (χ0) is 12.3. The van der Waals surface area contributed by atoms with E-state index in [1.54, 1.807) is 19.2 Å². The number of fused-ring (bicyclic) bond motifs is 1. The summed E-state index contributed by atoms with van der Waals surface area (Å²) in [6.45, 7) is 0.989. The molecular formula is C12H13NO4. The van der Waals surface area contributed by atoms with E-state index < -0.39 is 0 Å². The van der Waals surface area contributed by atoms with Gasteiger partial charge in [-0.05, 0) is 19.2 Å². The highest BCUT2D eigenvalue weighted by Crippen LogP contribution is 2.36. The van der Waals surface area contributed by atoms with Crippen molar-refractivity contribution in [3.8, 4) is 11.5 Å². The molecule has 0 amide bonds. The SMILES string of the molecule is CNCC(=O)c1ccc(C=O)c2c1OCCO2. The van der Waals surface area contributed by atoms with E-state index in [1.807, 2.05) is 0 Å². The molecule has 1 aromatic rings. The van der Waals surface area contributed by atoms with Crippen LogP contribution in [0.2, 0.25) is 0 Å². The number of ether oxygens (including phenoxy) is 2. The molecule has 5 heteroatoms. The van der Waals surface area contributed by atoms with Crippen LogP contribution in [0, 0.1) is 0 Å². The van der Waals surface area contributed by atoms with Crippen molar-refractivity contribution in [3.05, 3.63) is 23.3 Å². The van der Waals surface area contributed by atoms with Gasteiger partial charge in [-0.2, -0.15) is 0 Å². The van der Waals surface area contributed by atoms with E-state index in [4.69, 9.17) is 9.47 Å². The molecule has 0 saturated heterocycles. The highest BCUT2D eigenvalue weighted by atomic mass is 16.6. The first-order valence-electron chi connectivity index (χ1n) is 5.33. The van der Waals surface area contributed by atoms with Crippen LogP contribution in [0.25, 0.3) is 0 Å². The van der Waals surface area contributed by atoms with Gasteiger partial charge >= 0.3 is 0 Å². The molecule has 0 fully saturated rings. The lowest BCUT2D eigenvalue weighted by atomic mass is 10.0. The fraction of sp³-hybridized carbons (Fsp3) is 0.333. The van der Waals surface area contributed by atoms with Gasteiger partial charge in [-0.15, -0.1) is 0 Å². The standard InChI is InChI=1S/C12H13NO4/c1-13-6-10(15)9-3-2-8(7-14)11-12(9)17-5-4-16-11/h2-3,7,13H,4-6H2,1H3. The second-order valence-corrected chi connectivity index (χ2v) is 3.63. The molecule has 0 spiro atoms. The lowest BCUT2D eigenvalue weighted by molar-refractivity contribution is 0.0979. The first kappa shape index (κ1) is 11.6. The van der Waals surface area contributed by atoms with E-state index in [0.29, 0.717) is 42.1 Å². The third-order valence-corrected chi connectivity index (χ3v) is 2.48. The molecule has 0 bridgehead atoms. The molecule has 2 rings (SSSR count). The van der Waals surface area contributed by atoms with Gasteiger partial charge in [0.2, 0.25) is 0 Å². The summed E-state index contributed by atoms with van der Waals surface area (Å²) in [6, 6.07) is 3.17. The van der Waals surface area contributed by atoms with Crippen molar-refractivity contribution in [2.75, 3.05) is 26.8 Å². The fourth-order valence-corrected chi connectivity index (χ4v) is 1.73. The molecular weight excluding hydrogens is 222 g/mol. The summed E-state index contributed by atoms with van der Waals surface area (Å²) in [5.74, 6) is 0.654. The van der Waals surface area contributed by atoms with Crippen LogP contribution in [0.3, 0.4) is 0 Å². The average Bonchev–Trinajstić information content (AvgIpc) is 2.37. The van der Waals surface area contributed by atoms with Crippen LogP contribution in [0.5, 0.6) is 11.5 Å². The van der Waals surface area contributed by atoms with Crippen molar-refractivity contribution >= 4 is 12.1 Å². The Hall–Kier alpha value is -1.88. The van der Waals surface area contributed by atoms with Crippen LogP contribution in [-0.2, 0) is 0 Å². The van der Waals surface area contributed by atoms with Crippen LogP contribution in [0.4, 0.5) is 0 Å². The molecule has 0 unspecified atom stereocenters. The van der Waals surface area contributed by atoms with Gasteiger partial charge in [0.25, 0.3) is 0 Å². The summed E-state index contributed by atoms with van der Waals surface area (Å²) in [5, 5.41) is 2.79. The van der Waals surface area contributed by atoms with E-state index in [9.17, 15) is 9.59 Å². The van der Waals surface area contributed by atoms with Gasteiger partial charge in [0.05, 0.1) is 17.7 Å². The number of Topliss-reactive ketones (excluding diaryl/α,β-unsaturated/α-hetero) is 1. The Balaban J connectivity index is 2.47. The summed E-state index contributed by atoms with van der Waals surface area (Å²) in [7, 11) is 1.70. The van der Waals surface area contributed by atoms with Crippen molar-refractivity contribution in [1.29, 1.82) is 0 Å². The quantitative estimate of drug-likeness (QED) is 0.614. The zero-order valence-corrected chi connectivity index (χ0v) is 9.49. The van der Waals surface area contributed by atoms with Crippen LogP contribution in [0.1, 0.15) is 20.7 Å². The van der Waals surface area contributed by atoms with Gasteiger partial charge in [0.1, 0.15) is 13.2 Å². The number of hydrogen-bond donors (Lipinski definition) is 1. The smallest absolute Gasteiger partial charge is 0.180 e. The van der Waals surface area contributed by atoms with Crippen LogP contribution < -0.4 is 14.8 Å². The Kier molecular flexibility index (Phi) is 3.39. The van der Waals surface area contributed by atoms with Crippen molar-refractivity contribution < 1.29 is 19.1 Å². The molecule has 17 heavy (non-hydrogen) atoms. The molecule has 1 aliphatic heterocycles. The van der Waals surface area contributed by atoms with Crippen LogP contribution in [-0.4, -0.2) is 38.9 Å². The van der Waals surface area contributed by atoms with E-state index >= 15 is 0 Å². The van der Waals surface area contributed by atoms with E-state index in [0.717, 1.165) is 0 Å². The van der Waals surface area contributed by atoms with E-state index in [2.05, 4.69) is 5.32 Å². The van der Waals surface area contributed by atoms with Gasteiger partial charge < -0.3 is 14.8 Å². The second kappa shape index (κ2) is 4.97. The molecule has 0 atom stereocenters. The maximum atomic E-state index is 11.8. The molecule has 1 aromatic carbocycles. The summed E-state index contributed by atoms with van der Waals surface area (Å²) >= 11 is 0. The lowest BCUT2D eigenvalue weighted by Crippen LogP contribution is -2.23. The van der Waals surface area contributed by atoms with E-state index in [-0.39, 0.29) is 12.3 Å². The van der Waals surface area contributed by atoms with Gasteiger partial charge in [0, 0.05) is 0 Å². The van der Waals surface area contributed by atoms with Gasteiger partial charge in [0.15, 0.2) is 23.6 Å². The molecule has 1 aliphatic rings.